The summed E-state index contributed by atoms with van der Waals surface area (Å²) in [5.74, 6) is 0.743. The summed E-state index contributed by atoms with van der Waals surface area (Å²) in [5.41, 5.74) is 6.60. The molecule has 0 radical (unpaired) electrons. The van der Waals surface area contributed by atoms with Crippen LogP contribution in [0, 0.1) is 0 Å². The summed E-state index contributed by atoms with van der Waals surface area (Å²) in [6, 6.07) is 2.93. The molecule has 1 aromatic carbocycles. The Balaban J connectivity index is 1.69. The predicted molar refractivity (Wildman–Crippen MR) is 106 cm³/mol. The van der Waals surface area contributed by atoms with E-state index in [1.807, 2.05) is 0 Å². The smallest absolute Gasteiger partial charge is 0.326 e. The van der Waals surface area contributed by atoms with Gasteiger partial charge in [-0.2, -0.15) is 0 Å². The number of likely N-dealkylation sites (N-methyl/N-ethyl adjacent to an activating group) is 1. The van der Waals surface area contributed by atoms with Gasteiger partial charge in [0.1, 0.15) is 30.3 Å². The van der Waals surface area contributed by atoms with Crippen molar-refractivity contribution in [1.82, 2.24) is 14.5 Å². The lowest BCUT2D eigenvalue weighted by Gasteiger charge is -2.19. The molecular formula is C19H22F2N6O3. The molecule has 11 heteroatoms. The highest BCUT2D eigenvalue weighted by Gasteiger charge is 2.43. The number of hydrogen-bond donors (Lipinski definition) is 2. The van der Waals surface area contributed by atoms with Gasteiger partial charge in [-0.15, -0.1) is 0 Å². The summed E-state index contributed by atoms with van der Waals surface area (Å²) in [6.07, 6.45) is -1.08. The zero-order valence-corrected chi connectivity index (χ0v) is 16.5. The van der Waals surface area contributed by atoms with Gasteiger partial charge in [0, 0.05) is 31.5 Å². The molecule has 30 heavy (non-hydrogen) atoms. The van der Waals surface area contributed by atoms with Gasteiger partial charge in [-0.05, 0) is 19.1 Å². The van der Waals surface area contributed by atoms with Crippen molar-refractivity contribution < 1.29 is 23.1 Å². The number of nitrogens with zero attached hydrogens (tertiary/aromatic N) is 4. The number of anilines is 2. The largest absolute Gasteiger partial charge is 0.491 e. The molecule has 3 N–H and O–H groups in total. The van der Waals surface area contributed by atoms with Crippen LogP contribution in [0.1, 0.15) is 6.92 Å². The number of nitrogens with two attached hydrogens (primary N) is 1. The molecule has 3 heterocycles. The Hall–Kier alpha value is -3.37. The molecule has 0 aliphatic carbocycles. The summed E-state index contributed by atoms with van der Waals surface area (Å²) >= 11 is 0. The fraction of sp³-hybridized carbons (Fsp3) is 0.421. The zero-order chi connectivity index (χ0) is 21.6. The molecule has 2 aliphatic rings. The topological polar surface area (TPSA) is 106 Å². The molecule has 2 atom stereocenters. The quantitative estimate of drug-likeness (QED) is 0.767. The second kappa shape index (κ2) is 7.47. The van der Waals surface area contributed by atoms with Gasteiger partial charge in [0.2, 0.25) is 5.91 Å². The Morgan fingerprint density at radius 3 is 2.87 bits per heavy atom. The third kappa shape index (κ3) is 3.40. The Kier molecular flexibility index (Phi) is 4.96. The fourth-order valence-electron chi connectivity index (χ4n) is 3.62. The van der Waals surface area contributed by atoms with E-state index in [0.717, 1.165) is 4.90 Å². The number of halogens is 2. The number of benzene rings is 1. The molecular weight excluding hydrogens is 398 g/mol. The minimum atomic E-state index is -2.68. The average molecular weight is 420 g/mol. The fourth-order valence-corrected chi connectivity index (χ4v) is 3.62. The van der Waals surface area contributed by atoms with Crippen molar-refractivity contribution in [2.75, 3.05) is 30.4 Å². The van der Waals surface area contributed by atoms with Crippen molar-refractivity contribution in [3.05, 3.63) is 24.4 Å². The van der Waals surface area contributed by atoms with Crippen LogP contribution in [0.25, 0.3) is 11.4 Å². The number of rotatable bonds is 5. The lowest BCUT2D eigenvalue weighted by molar-refractivity contribution is -0.118. The van der Waals surface area contributed by atoms with E-state index in [-0.39, 0.29) is 12.4 Å². The van der Waals surface area contributed by atoms with Crippen molar-refractivity contribution in [1.29, 1.82) is 0 Å². The number of urea groups is 1. The van der Waals surface area contributed by atoms with Crippen molar-refractivity contribution in [2.45, 2.75) is 32.0 Å². The van der Waals surface area contributed by atoms with Crippen molar-refractivity contribution in [3.63, 3.8) is 0 Å². The normalized spacial score (nSPS) is 19.2. The van der Waals surface area contributed by atoms with Crippen molar-refractivity contribution in [3.8, 4) is 17.1 Å². The molecule has 1 unspecified atom stereocenters. The molecule has 2 aliphatic heterocycles. The van der Waals surface area contributed by atoms with Gasteiger partial charge in [-0.3, -0.25) is 9.69 Å². The monoisotopic (exact) mass is 420 g/mol. The van der Waals surface area contributed by atoms with Gasteiger partial charge in [0.25, 0.3) is 6.43 Å². The van der Waals surface area contributed by atoms with Crippen LogP contribution in [0.4, 0.5) is 25.1 Å². The summed E-state index contributed by atoms with van der Waals surface area (Å²) in [4.78, 5) is 30.6. The van der Waals surface area contributed by atoms with E-state index >= 15 is 0 Å². The number of alkyl halides is 2. The van der Waals surface area contributed by atoms with Crippen LogP contribution in [0.3, 0.4) is 0 Å². The molecule has 2 aromatic rings. The highest BCUT2D eigenvalue weighted by atomic mass is 19.3. The van der Waals surface area contributed by atoms with Crippen LogP contribution in [0.5, 0.6) is 5.75 Å². The zero-order valence-electron chi connectivity index (χ0n) is 16.5. The van der Waals surface area contributed by atoms with Gasteiger partial charge >= 0.3 is 6.03 Å². The first-order valence-electron chi connectivity index (χ1n) is 9.49. The van der Waals surface area contributed by atoms with Crippen LogP contribution >= 0.6 is 0 Å². The molecule has 0 saturated carbocycles. The van der Waals surface area contributed by atoms with Crippen LogP contribution in [0.2, 0.25) is 0 Å². The molecule has 1 fully saturated rings. The van der Waals surface area contributed by atoms with Crippen molar-refractivity contribution in [2.24, 2.45) is 5.73 Å². The lowest BCUT2D eigenvalue weighted by Crippen LogP contribution is -2.39. The van der Waals surface area contributed by atoms with Crippen molar-refractivity contribution >= 4 is 23.4 Å². The first-order chi connectivity index (χ1) is 14.3. The number of aromatic nitrogens is 2. The van der Waals surface area contributed by atoms with Crippen LogP contribution in [-0.4, -0.2) is 65.1 Å². The van der Waals surface area contributed by atoms with Gasteiger partial charge in [0.05, 0.1) is 12.1 Å². The number of imidazole rings is 1. The third-order valence-electron chi connectivity index (χ3n) is 5.25. The van der Waals surface area contributed by atoms with Crippen LogP contribution < -0.4 is 20.7 Å². The molecule has 160 valence electrons. The van der Waals surface area contributed by atoms with E-state index in [4.69, 9.17) is 10.5 Å². The maximum absolute atomic E-state index is 13.5. The van der Waals surface area contributed by atoms with E-state index < -0.39 is 30.4 Å². The molecule has 1 saturated heterocycles. The van der Waals surface area contributed by atoms with E-state index in [1.165, 1.54) is 11.9 Å². The van der Waals surface area contributed by atoms with Crippen LogP contribution in [-0.2, 0) is 11.3 Å². The van der Waals surface area contributed by atoms with Gasteiger partial charge in [-0.1, -0.05) is 0 Å². The lowest BCUT2D eigenvalue weighted by atomic mass is 10.1. The summed E-state index contributed by atoms with van der Waals surface area (Å²) in [6.45, 7) is 2.36. The van der Waals surface area contributed by atoms with Crippen LogP contribution in [0.15, 0.2) is 24.4 Å². The number of hydrogen-bond acceptors (Lipinski definition) is 5. The molecule has 0 spiro atoms. The Labute approximate surface area is 171 Å². The summed E-state index contributed by atoms with van der Waals surface area (Å²) in [7, 11) is 1.49. The molecule has 4 rings (SSSR count). The number of ether oxygens (including phenoxy) is 1. The minimum absolute atomic E-state index is 0.0640. The second-order valence-corrected chi connectivity index (χ2v) is 7.38. The Bertz CT molecular complexity index is 995. The number of carbonyl (C=O) groups excluding carboxylic acids is 2. The van der Waals surface area contributed by atoms with Gasteiger partial charge in [0.15, 0.2) is 5.82 Å². The molecule has 3 amide bonds. The predicted octanol–water partition coefficient (Wildman–Crippen LogP) is 1.73. The number of amides is 3. The number of fused-ring (bicyclic) bond motifs is 3. The number of carbonyl (C=O) groups is 2. The molecule has 9 nitrogen and oxygen atoms in total. The summed E-state index contributed by atoms with van der Waals surface area (Å²) in [5, 5.41) is 2.99. The third-order valence-corrected chi connectivity index (χ3v) is 5.25. The SMILES string of the molecule is C[C@H](Nc1ccc2c(c1)OCCn1cc(N3C(=O)N(C)CC3C(F)F)nc1-2)C(N)=O. The van der Waals surface area contributed by atoms with Gasteiger partial charge in [-0.25, -0.2) is 18.6 Å². The van der Waals surface area contributed by atoms with Gasteiger partial charge < -0.3 is 25.3 Å². The summed E-state index contributed by atoms with van der Waals surface area (Å²) < 4.78 is 34.6. The maximum Gasteiger partial charge on any atom is 0.326 e. The van der Waals surface area contributed by atoms with E-state index in [2.05, 4.69) is 10.3 Å². The van der Waals surface area contributed by atoms with E-state index in [1.54, 1.807) is 35.9 Å². The standard InChI is InChI=1S/C19H22F2N6O3/c1-10(17(22)28)23-11-3-4-12-14(7-11)30-6-5-26-9-15(24-18(12)26)27-13(16(20)21)8-25(2)19(27)29/h3-4,7,9-10,13,16,23H,5-6,8H2,1-2H3,(H2,22,28)/t10-,13?/m0/s1. The molecule has 0 bridgehead atoms. The average Bonchev–Trinajstić information content (AvgIpc) is 3.18. The Morgan fingerprint density at radius 2 is 2.17 bits per heavy atom. The first-order valence-corrected chi connectivity index (χ1v) is 9.49. The Morgan fingerprint density at radius 1 is 1.40 bits per heavy atom. The van der Waals surface area contributed by atoms with E-state index in [0.29, 0.717) is 36.0 Å². The number of primary amides is 1. The second-order valence-electron chi connectivity index (χ2n) is 7.38. The minimum Gasteiger partial charge on any atom is -0.491 e. The highest BCUT2D eigenvalue weighted by Crippen LogP contribution is 2.37. The first kappa shape index (κ1) is 19.9. The number of nitrogens with one attached hydrogen (secondary N) is 1. The highest BCUT2D eigenvalue weighted by molar-refractivity contribution is 5.94. The van der Waals surface area contributed by atoms with E-state index in [9.17, 15) is 18.4 Å². The molecule has 1 aromatic heterocycles. The maximum atomic E-state index is 13.5.